The first-order valence-corrected chi connectivity index (χ1v) is 6.76. The van der Waals surface area contributed by atoms with Crippen LogP contribution in [0.4, 0.5) is 4.79 Å². The highest BCUT2D eigenvalue weighted by Gasteiger charge is 2.15. The third-order valence-electron chi connectivity index (χ3n) is 2.31. The number of aliphatic carboxylic acids is 1. The number of carboxylic acid groups (broad SMARTS) is 1. The van der Waals surface area contributed by atoms with Crippen LogP contribution in [0.2, 0.25) is 0 Å². The molecule has 0 bridgehead atoms. The van der Waals surface area contributed by atoms with Crippen molar-refractivity contribution < 1.29 is 28.9 Å². The highest BCUT2D eigenvalue weighted by molar-refractivity contribution is 5.82. The minimum atomic E-state index is -1.08. The smallest absolute Gasteiger partial charge is 0.428 e. The normalized spacial score (nSPS) is 11.1. The Labute approximate surface area is 134 Å². The zero-order valence-corrected chi connectivity index (χ0v) is 13.5. The molecule has 0 radical (unpaired) electrons. The van der Waals surface area contributed by atoms with E-state index in [1.54, 1.807) is 39.0 Å². The van der Waals surface area contributed by atoms with E-state index in [0.29, 0.717) is 17.1 Å². The summed E-state index contributed by atoms with van der Waals surface area (Å²) >= 11 is 0. The fraction of sp³-hybridized carbons (Fsp3) is 0.400. The molecule has 0 saturated carbocycles. The number of amides is 1. The van der Waals surface area contributed by atoms with E-state index < -0.39 is 24.3 Å². The van der Waals surface area contributed by atoms with Gasteiger partial charge in [0.25, 0.3) is 0 Å². The van der Waals surface area contributed by atoms with Gasteiger partial charge in [0.05, 0.1) is 13.3 Å². The summed E-state index contributed by atoms with van der Waals surface area (Å²) in [5, 5.41) is 12.4. The first kappa shape index (κ1) is 18.3. The fourth-order valence-electron chi connectivity index (χ4n) is 1.48. The van der Waals surface area contributed by atoms with Gasteiger partial charge in [0.2, 0.25) is 0 Å². The molecule has 1 amide bonds. The lowest BCUT2D eigenvalue weighted by atomic mass is 10.2. The molecular weight excluding hydrogens is 304 g/mol. The molecular formula is C15H20N2O6. The van der Waals surface area contributed by atoms with Gasteiger partial charge in [0.15, 0.2) is 18.1 Å². The molecule has 2 N–H and O–H groups in total. The van der Waals surface area contributed by atoms with Gasteiger partial charge in [-0.2, -0.15) is 5.10 Å². The average molecular weight is 324 g/mol. The van der Waals surface area contributed by atoms with Crippen molar-refractivity contribution in [2.45, 2.75) is 26.4 Å². The van der Waals surface area contributed by atoms with Gasteiger partial charge in [-0.25, -0.2) is 15.0 Å². The summed E-state index contributed by atoms with van der Waals surface area (Å²) in [5.74, 6) is -0.432. The number of nitrogens with one attached hydrogen (secondary N) is 1. The number of hydrogen-bond acceptors (Lipinski definition) is 6. The molecule has 0 aromatic heterocycles. The first-order chi connectivity index (χ1) is 10.7. The van der Waals surface area contributed by atoms with Crippen molar-refractivity contribution in [1.29, 1.82) is 0 Å². The van der Waals surface area contributed by atoms with Crippen LogP contribution < -0.4 is 14.9 Å². The molecule has 0 unspecified atom stereocenters. The van der Waals surface area contributed by atoms with Crippen molar-refractivity contribution in [3.05, 3.63) is 23.8 Å². The molecule has 1 rings (SSSR count). The second-order valence-electron chi connectivity index (χ2n) is 5.46. The topological polar surface area (TPSA) is 106 Å². The SMILES string of the molecule is COc1cc(/C=N\NC(=O)OC(C)(C)C)ccc1OCC(=O)O. The number of hydrazone groups is 1. The summed E-state index contributed by atoms with van der Waals surface area (Å²) in [5.41, 5.74) is 2.26. The van der Waals surface area contributed by atoms with E-state index in [4.69, 9.17) is 19.3 Å². The Hall–Kier alpha value is -2.77. The van der Waals surface area contributed by atoms with E-state index in [2.05, 4.69) is 10.5 Å². The number of carbonyl (C=O) groups is 2. The van der Waals surface area contributed by atoms with Crippen LogP contribution in [-0.4, -0.2) is 42.7 Å². The van der Waals surface area contributed by atoms with Crippen molar-refractivity contribution in [1.82, 2.24) is 5.43 Å². The summed E-state index contributed by atoms with van der Waals surface area (Å²) in [6.45, 7) is 4.77. The third kappa shape index (κ3) is 7.16. The highest BCUT2D eigenvalue weighted by Crippen LogP contribution is 2.27. The molecule has 0 heterocycles. The second kappa shape index (κ2) is 8.02. The van der Waals surface area contributed by atoms with Gasteiger partial charge in [-0.05, 0) is 44.5 Å². The number of carboxylic acids is 1. The predicted molar refractivity (Wildman–Crippen MR) is 83.1 cm³/mol. The zero-order chi connectivity index (χ0) is 17.5. The van der Waals surface area contributed by atoms with Crippen molar-refractivity contribution in [3.63, 3.8) is 0 Å². The molecule has 0 atom stereocenters. The van der Waals surface area contributed by atoms with Crippen molar-refractivity contribution >= 4 is 18.3 Å². The van der Waals surface area contributed by atoms with Gasteiger partial charge in [-0.3, -0.25) is 0 Å². The van der Waals surface area contributed by atoms with Crippen LogP contribution in [0.5, 0.6) is 11.5 Å². The number of rotatable bonds is 6. The molecule has 23 heavy (non-hydrogen) atoms. The number of benzene rings is 1. The van der Waals surface area contributed by atoms with Crippen LogP contribution >= 0.6 is 0 Å². The maximum Gasteiger partial charge on any atom is 0.428 e. The summed E-state index contributed by atoms with van der Waals surface area (Å²) in [4.78, 5) is 21.9. The first-order valence-electron chi connectivity index (χ1n) is 6.76. The predicted octanol–water partition coefficient (Wildman–Crippen LogP) is 2.02. The van der Waals surface area contributed by atoms with Gasteiger partial charge >= 0.3 is 12.1 Å². The molecule has 1 aromatic carbocycles. The molecule has 1 aromatic rings. The summed E-state index contributed by atoms with van der Waals surface area (Å²) < 4.78 is 15.2. The molecule has 8 heteroatoms. The maximum atomic E-state index is 11.4. The summed E-state index contributed by atoms with van der Waals surface area (Å²) in [6, 6.07) is 4.79. The van der Waals surface area contributed by atoms with Crippen LogP contribution in [0.25, 0.3) is 0 Å². The number of methoxy groups -OCH3 is 1. The Kier molecular flexibility index (Phi) is 6.37. The second-order valence-corrected chi connectivity index (χ2v) is 5.46. The van der Waals surface area contributed by atoms with Crippen molar-refractivity contribution in [2.24, 2.45) is 5.10 Å². The zero-order valence-electron chi connectivity index (χ0n) is 13.5. The Bertz CT molecular complexity index is 592. The summed E-state index contributed by atoms with van der Waals surface area (Å²) in [6.07, 6.45) is 0.732. The van der Waals surface area contributed by atoms with Gasteiger partial charge in [0, 0.05) is 0 Å². The number of ether oxygens (including phenoxy) is 3. The molecule has 0 fully saturated rings. The Morgan fingerprint density at radius 2 is 2.00 bits per heavy atom. The number of carbonyl (C=O) groups excluding carboxylic acids is 1. The lowest BCUT2D eigenvalue weighted by Crippen LogP contribution is -2.29. The number of hydrogen-bond donors (Lipinski definition) is 2. The van der Waals surface area contributed by atoms with Crippen LogP contribution in [0.1, 0.15) is 26.3 Å². The Morgan fingerprint density at radius 3 is 2.57 bits per heavy atom. The standard InChI is InChI=1S/C15H20N2O6/c1-15(2,3)23-14(20)17-16-8-10-5-6-11(12(7-10)21-4)22-9-13(18)19/h5-8H,9H2,1-4H3,(H,17,20)(H,18,19)/b16-8-. The largest absolute Gasteiger partial charge is 0.493 e. The van der Waals surface area contributed by atoms with Crippen LogP contribution in [0.3, 0.4) is 0 Å². The minimum absolute atomic E-state index is 0.298. The lowest BCUT2D eigenvalue weighted by molar-refractivity contribution is -0.139. The maximum absolute atomic E-state index is 11.4. The monoisotopic (exact) mass is 324 g/mol. The molecule has 0 aliphatic heterocycles. The van der Waals surface area contributed by atoms with Gasteiger partial charge in [0.1, 0.15) is 5.60 Å². The van der Waals surface area contributed by atoms with Crippen LogP contribution in [-0.2, 0) is 9.53 Å². The fourth-order valence-corrected chi connectivity index (χ4v) is 1.48. The van der Waals surface area contributed by atoms with E-state index in [9.17, 15) is 9.59 Å². The van der Waals surface area contributed by atoms with E-state index in [0.717, 1.165) is 0 Å². The van der Waals surface area contributed by atoms with E-state index in [1.807, 2.05) is 0 Å². The quantitative estimate of drug-likeness (QED) is 0.612. The molecule has 0 aliphatic rings. The molecule has 0 aliphatic carbocycles. The summed E-state index contributed by atoms with van der Waals surface area (Å²) in [7, 11) is 1.43. The average Bonchev–Trinajstić information content (AvgIpc) is 2.43. The van der Waals surface area contributed by atoms with E-state index in [1.165, 1.54) is 13.3 Å². The van der Waals surface area contributed by atoms with Crippen LogP contribution in [0.15, 0.2) is 23.3 Å². The van der Waals surface area contributed by atoms with Crippen molar-refractivity contribution in [3.8, 4) is 11.5 Å². The number of nitrogens with zero attached hydrogens (tertiary/aromatic N) is 1. The molecule has 126 valence electrons. The third-order valence-corrected chi connectivity index (χ3v) is 2.31. The van der Waals surface area contributed by atoms with E-state index in [-0.39, 0.29) is 0 Å². The highest BCUT2D eigenvalue weighted by atomic mass is 16.6. The van der Waals surface area contributed by atoms with E-state index >= 15 is 0 Å². The van der Waals surface area contributed by atoms with Gasteiger partial charge < -0.3 is 19.3 Å². The van der Waals surface area contributed by atoms with Gasteiger partial charge in [-0.1, -0.05) is 0 Å². The Morgan fingerprint density at radius 1 is 1.30 bits per heavy atom. The minimum Gasteiger partial charge on any atom is -0.493 e. The Balaban J connectivity index is 2.69. The van der Waals surface area contributed by atoms with Crippen molar-refractivity contribution in [2.75, 3.05) is 13.7 Å². The van der Waals surface area contributed by atoms with Crippen LogP contribution in [0, 0.1) is 0 Å². The van der Waals surface area contributed by atoms with Gasteiger partial charge in [-0.15, -0.1) is 0 Å². The lowest BCUT2D eigenvalue weighted by Gasteiger charge is -2.18. The molecule has 0 saturated heterocycles. The molecule has 8 nitrogen and oxygen atoms in total. The molecule has 0 spiro atoms.